The monoisotopic (exact) mass is 296 g/mol. The summed E-state index contributed by atoms with van der Waals surface area (Å²) >= 11 is 0. The fourth-order valence-electron chi connectivity index (χ4n) is 3.70. The van der Waals surface area contributed by atoms with Crippen LogP contribution in [0.2, 0.25) is 0 Å². The quantitative estimate of drug-likeness (QED) is 0.815. The van der Waals surface area contributed by atoms with Crippen LogP contribution in [-0.2, 0) is 9.59 Å². The molecule has 0 aromatic carbocycles. The Labute approximate surface area is 127 Å². The molecule has 1 atom stereocenters. The van der Waals surface area contributed by atoms with Crippen LogP contribution < -0.4 is 5.32 Å². The van der Waals surface area contributed by atoms with Crippen LogP contribution in [-0.4, -0.2) is 46.6 Å². The lowest BCUT2D eigenvalue weighted by atomic mass is 9.93. The lowest BCUT2D eigenvalue weighted by Crippen LogP contribution is -2.58. The first-order valence-corrected chi connectivity index (χ1v) is 8.24. The highest BCUT2D eigenvalue weighted by atomic mass is 16.4. The van der Waals surface area contributed by atoms with E-state index in [0.717, 1.165) is 25.7 Å². The van der Waals surface area contributed by atoms with Crippen LogP contribution >= 0.6 is 0 Å². The van der Waals surface area contributed by atoms with Crippen LogP contribution in [0, 0.1) is 0 Å². The highest BCUT2D eigenvalue weighted by Crippen LogP contribution is 2.30. The van der Waals surface area contributed by atoms with Crippen molar-refractivity contribution in [2.75, 3.05) is 7.05 Å². The van der Waals surface area contributed by atoms with Gasteiger partial charge in [-0.15, -0.1) is 0 Å². The Balaban J connectivity index is 1.96. The van der Waals surface area contributed by atoms with E-state index < -0.39 is 11.5 Å². The molecule has 2 aliphatic rings. The van der Waals surface area contributed by atoms with E-state index in [2.05, 4.69) is 10.2 Å². The zero-order chi connectivity index (χ0) is 15.5. The summed E-state index contributed by atoms with van der Waals surface area (Å²) in [7, 11) is 1.99. The minimum Gasteiger partial charge on any atom is -0.480 e. The van der Waals surface area contributed by atoms with Gasteiger partial charge in [-0.1, -0.05) is 32.1 Å². The maximum absolute atomic E-state index is 12.5. The molecule has 2 rings (SSSR count). The number of nitrogens with one attached hydrogen (secondary N) is 1. The molecule has 0 aromatic rings. The van der Waals surface area contributed by atoms with Gasteiger partial charge in [0.15, 0.2) is 0 Å². The maximum atomic E-state index is 12.5. The third-order valence-electron chi connectivity index (χ3n) is 5.37. The lowest BCUT2D eigenvalue weighted by molar-refractivity contribution is -0.148. The molecule has 2 saturated carbocycles. The summed E-state index contributed by atoms with van der Waals surface area (Å²) in [5, 5.41) is 12.3. The van der Waals surface area contributed by atoms with Gasteiger partial charge in [-0.3, -0.25) is 9.69 Å². The summed E-state index contributed by atoms with van der Waals surface area (Å²) in [5.74, 6) is -1.03. The Morgan fingerprint density at radius 1 is 1.14 bits per heavy atom. The number of rotatable bonds is 5. The first-order chi connectivity index (χ1) is 9.96. The first kappa shape index (κ1) is 16.3. The van der Waals surface area contributed by atoms with E-state index in [9.17, 15) is 14.7 Å². The number of aliphatic carboxylic acids is 1. The van der Waals surface area contributed by atoms with E-state index in [4.69, 9.17) is 0 Å². The number of likely N-dealkylation sites (N-methyl/N-ethyl adjacent to an activating group) is 1. The number of hydrogen-bond donors (Lipinski definition) is 2. The molecule has 120 valence electrons. The fraction of sp³-hybridized carbons (Fsp3) is 0.875. The van der Waals surface area contributed by atoms with Gasteiger partial charge in [-0.2, -0.15) is 0 Å². The van der Waals surface area contributed by atoms with Crippen molar-refractivity contribution in [3.63, 3.8) is 0 Å². The molecule has 5 heteroatoms. The Bertz CT molecular complexity index is 385. The van der Waals surface area contributed by atoms with E-state index in [0.29, 0.717) is 18.9 Å². The van der Waals surface area contributed by atoms with Gasteiger partial charge < -0.3 is 10.4 Å². The van der Waals surface area contributed by atoms with Crippen molar-refractivity contribution in [1.29, 1.82) is 0 Å². The van der Waals surface area contributed by atoms with E-state index in [1.54, 1.807) is 0 Å². The molecule has 0 bridgehead atoms. The second-order valence-electron chi connectivity index (χ2n) is 6.72. The smallest absolute Gasteiger partial charge is 0.329 e. The molecule has 0 saturated heterocycles. The van der Waals surface area contributed by atoms with Gasteiger partial charge in [0.2, 0.25) is 5.91 Å². The Kier molecular flexibility index (Phi) is 5.25. The number of carbonyl (C=O) groups is 2. The second kappa shape index (κ2) is 6.77. The molecule has 0 aromatic heterocycles. The highest BCUT2D eigenvalue weighted by Gasteiger charge is 2.43. The highest BCUT2D eigenvalue weighted by molar-refractivity contribution is 5.89. The van der Waals surface area contributed by atoms with Crippen molar-refractivity contribution in [3.8, 4) is 0 Å². The van der Waals surface area contributed by atoms with Gasteiger partial charge in [-0.25, -0.2) is 4.79 Å². The van der Waals surface area contributed by atoms with E-state index in [-0.39, 0.29) is 11.9 Å². The summed E-state index contributed by atoms with van der Waals surface area (Å²) in [6.45, 7) is 1.88. The number of carboxylic acids is 1. The number of carboxylic acid groups (broad SMARTS) is 1. The van der Waals surface area contributed by atoms with Crippen molar-refractivity contribution in [3.05, 3.63) is 0 Å². The van der Waals surface area contributed by atoms with Gasteiger partial charge in [-0.05, 0) is 39.7 Å². The Hall–Kier alpha value is -1.10. The number of hydrogen-bond acceptors (Lipinski definition) is 3. The average molecular weight is 296 g/mol. The molecule has 0 radical (unpaired) electrons. The Morgan fingerprint density at radius 2 is 1.71 bits per heavy atom. The molecule has 2 N–H and O–H groups in total. The summed E-state index contributed by atoms with van der Waals surface area (Å²) in [6, 6.07) is 0.175. The van der Waals surface area contributed by atoms with Crippen LogP contribution in [0.3, 0.4) is 0 Å². The van der Waals surface area contributed by atoms with Crippen LogP contribution in [0.15, 0.2) is 0 Å². The molecule has 1 amide bonds. The molecule has 2 fully saturated rings. The van der Waals surface area contributed by atoms with Crippen molar-refractivity contribution < 1.29 is 14.7 Å². The van der Waals surface area contributed by atoms with Crippen LogP contribution in [0.4, 0.5) is 0 Å². The van der Waals surface area contributed by atoms with Gasteiger partial charge in [0, 0.05) is 6.04 Å². The predicted octanol–water partition coefficient (Wildman–Crippen LogP) is 2.15. The molecule has 0 unspecified atom stereocenters. The zero-order valence-corrected chi connectivity index (χ0v) is 13.2. The number of nitrogens with zero attached hydrogens (tertiary/aromatic N) is 1. The fourth-order valence-corrected chi connectivity index (χ4v) is 3.70. The van der Waals surface area contributed by atoms with Crippen molar-refractivity contribution in [2.24, 2.45) is 0 Å². The molecule has 5 nitrogen and oxygen atoms in total. The molecule has 21 heavy (non-hydrogen) atoms. The minimum absolute atomic E-state index is 0.146. The molecule has 0 spiro atoms. The lowest BCUT2D eigenvalue weighted by Gasteiger charge is -2.36. The predicted molar refractivity (Wildman–Crippen MR) is 81.1 cm³/mol. The zero-order valence-electron chi connectivity index (χ0n) is 13.2. The molecule has 0 heterocycles. The normalized spacial score (nSPS) is 24.0. The standard InChI is InChI=1S/C16H28N2O3/c1-12(18(2)13-8-4-3-5-9-13)14(19)17-16(15(20)21)10-6-7-11-16/h12-13H,3-11H2,1-2H3,(H,17,19)(H,20,21)/t12-/m1/s1. The first-order valence-electron chi connectivity index (χ1n) is 8.24. The van der Waals surface area contributed by atoms with Crippen molar-refractivity contribution >= 4 is 11.9 Å². The summed E-state index contributed by atoms with van der Waals surface area (Å²) < 4.78 is 0. The van der Waals surface area contributed by atoms with Crippen molar-refractivity contribution in [2.45, 2.75) is 82.3 Å². The minimum atomic E-state index is -1.03. The van der Waals surface area contributed by atoms with Crippen LogP contribution in [0.1, 0.15) is 64.7 Å². The number of carbonyl (C=O) groups excluding carboxylic acids is 1. The second-order valence-corrected chi connectivity index (χ2v) is 6.72. The summed E-state index contributed by atoms with van der Waals surface area (Å²) in [4.78, 5) is 26.1. The van der Waals surface area contributed by atoms with Gasteiger partial charge in [0.05, 0.1) is 6.04 Å². The third kappa shape index (κ3) is 3.57. The van der Waals surface area contributed by atoms with Gasteiger partial charge in [0.1, 0.15) is 5.54 Å². The maximum Gasteiger partial charge on any atom is 0.329 e. The van der Waals surface area contributed by atoms with E-state index in [1.165, 1.54) is 19.3 Å². The molecular formula is C16H28N2O3. The number of amides is 1. The Morgan fingerprint density at radius 3 is 2.24 bits per heavy atom. The van der Waals surface area contributed by atoms with Crippen LogP contribution in [0.25, 0.3) is 0 Å². The largest absolute Gasteiger partial charge is 0.480 e. The summed E-state index contributed by atoms with van der Waals surface area (Å²) in [6.07, 6.45) is 8.86. The van der Waals surface area contributed by atoms with Crippen LogP contribution in [0.5, 0.6) is 0 Å². The average Bonchev–Trinajstić information content (AvgIpc) is 2.96. The third-order valence-corrected chi connectivity index (χ3v) is 5.37. The van der Waals surface area contributed by atoms with E-state index in [1.807, 2.05) is 14.0 Å². The van der Waals surface area contributed by atoms with E-state index >= 15 is 0 Å². The topological polar surface area (TPSA) is 69.6 Å². The molecule has 0 aliphatic heterocycles. The van der Waals surface area contributed by atoms with Crippen molar-refractivity contribution in [1.82, 2.24) is 10.2 Å². The van der Waals surface area contributed by atoms with Gasteiger partial charge in [0.25, 0.3) is 0 Å². The molecule has 2 aliphatic carbocycles. The SMILES string of the molecule is C[C@H](C(=O)NC1(C(=O)O)CCCC1)N(C)C1CCCCC1. The van der Waals surface area contributed by atoms with Gasteiger partial charge >= 0.3 is 5.97 Å². The molecular weight excluding hydrogens is 268 g/mol. The summed E-state index contributed by atoms with van der Waals surface area (Å²) in [5.41, 5.74) is -1.03.